The molecule has 0 aromatic carbocycles. The van der Waals surface area contributed by atoms with Gasteiger partial charge in [-0.25, -0.2) is 4.68 Å². The number of hydrogen-bond acceptors (Lipinski definition) is 6. The second kappa shape index (κ2) is 6.37. The molecule has 0 radical (unpaired) electrons. The van der Waals surface area contributed by atoms with Crippen molar-refractivity contribution in [3.63, 3.8) is 0 Å². The molecule has 0 saturated carbocycles. The first-order valence-electron chi connectivity index (χ1n) is 7.59. The van der Waals surface area contributed by atoms with Crippen molar-refractivity contribution in [1.82, 2.24) is 19.7 Å². The predicted molar refractivity (Wildman–Crippen MR) is 84.4 cm³/mol. The molecule has 21 heavy (non-hydrogen) atoms. The van der Waals surface area contributed by atoms with E-state index in [2.05, 4.69) is 27.2 Å². The molecule has 0 amide bonds. The van der Waals surface area contributed by atoms with Crippen LogP contribution in [0.15, 0.2) is 16.4 Å². The third-order valence-electron chi connectivity index (χ3n) is 4.33. The van der Waals surface area contributed by atoms with Crippen LogP contribution in [0.25, 0.3) is 0 Å². The zero-order valence-electron chi connectivity index (χ0n) is 12.7. The Morgan fingerprint density at radius 3 is 3.10 bits per heavy atom. The second-order valence-corrected chi connectivity index (χ2v) is 6.26. The number of aliphatic hydroxyl groups is 1. The van der Waals surface area contributed by atoms with Gasteiger partial charge in [-0.1, -0.05) is 18.7 Å². The molecule has 2 N–H and O–H groups in total. The van der Waals surface area contributed by atoms with E-state index in [1.54, 1.807) is 11.8 Å². The number of rotatable bonds is 5. The number of aliphatic hydroxyl groups excluding tert-OH is 1. The minimum Gasteiger partial charge on any atom is -0.395 e. The molecule has 7 heteroatoms. The summed E-state index contributed by atoms with van der Waals surface area (Å²) in [5, 5.41) is 18.1. The lowest BCUT2D eigenvalue weighted by molar-refractivity contribution is 0.161. The Morgan fingerprint density at radius 2 is 2.38 bits per heavy atom. The standard InChI is InChI=1S/C14H23N5OS/c1-3-18(7-8-20)11-6-4-5-10-9-19-13(15-12(10)11)16-14(17-19)21-2/h11,20H,3-9H2,1-2H3,(H,15,16,17). The fourth-order valence-corrected chi connectivity index (χ4v) is 3.66. The van der Waals surface area contributed by atoms with Gasteiger partial charge in [0, 0.05) is 12.2 Å². The molecule has 1 aliphatic carbocycles. The summed E-state index contributed by atoms with van der Waals surface area (Å²) in [6.45, 7) is 4.88. The van der Waals surface area contributed by atoms with E-state index in [1.807, 2.05) is 10.9 Å². The van der Waals surface area contributed by atoms with E-state index in [1.165, 1.54) is 17.7 Å². The summed E-state index contributed by atoms with van der Waals surface area (Å²) in [4.78, 5) is 6.88. The smallest absolute Gasteiger partial charge is 0.226 e. The van der Waals surface area contributed by atoms with Gasteiger partial charge in [-0.3, -0.25) is 4.90 Å². The van der Waals surface area contributed by atoms with Crippen molar-refractivity contribution < 1.29 is 5.11 Å². The highest BCUT2D eigenvalue weighted by Gasteiger charge is 2.31. The van der Waals surface area contributed by atoms with Crippen LogP contribution >= 0.6 is 11.8 Å². The Hall–Kier alpha value is -1.05. The highest BCUT2D eigenvalue weighted by Crippen LogP contribution is 2.34. The molecule has 0 saturated heterocycles. The van der Waals surface area contributed by atoms with Crippen molar-refractivity contribution in [3.8, 4) is 0 Å². The van der Waals surface area contributed by atoms with Gasteiger partial charge in [0.2, 0.25) is 11.1 Å². The molecule has 1 aliphatic heterocycles. The van der Waals surface area contributed by atoms with Gasteiger partial charge in [-0.05, 0) is 37.6 Å². The summed E-state index contributed by atoms with van der Waals surface area (Å²) in [6.07, 6.45) is 5.47. The SMILES string of the molecule is CCN(CCO)C1CCCC2=C1Nc1nc(SC)nn1C2. The molecule has 1 unspecified atom stereocenters. The maximum absolute atomic E-state index is 9.28. The zero-order valence-corrected chi connectivity index (χ0v) is 13.5. The van der Waals surface area contributed by atoms with Crippen molar-refractivity contribution in [2.45, 2.75) is 43.9 Å². The Balaban J connectivity index is 1.86. The van der Waals surface area contributed by atoms with Crippen LogP contribution in [-0.4, -0.2) is 56.8 Å². The van der Waals surface area contributed by atoms with Crippen LogP contribution in [-0.2, 0) is 6.54 Å². The topological polar surface area (TPSA) is 66.2 Å². The van der Waals surface area contributed by atoms with Crippen LogP contribution in [0.5, 0.6) is 0 Å². The van der Waals surface area contributed by atoms with Crippen molar-refractivity contribution in [1.29, 1.82) is 0 Å². The normalized spacial score (nSPS) is 21.2. The number of allylic oxidation sites excluding steroid dienone is 1. The van der Waals surface area contributed by atoms with Crippen molar-refractivity contribution in [2.24, 2.45) is 0 Å². The molecule has 0 spiro atoms. The highest BCUT2D eigenvalue weighted by atomic mass is 32.2. The molecular weight excluding hydrogens is 286 g/mol. The summed E-state index contributed by atoms with van der Waals surface area (Å²) in [5.74, 6) is 0.852. The monoisotopic (exact) mass is 309 g/mol. The highest BCUT2D eigenvalue weighted by molar-refractivity contribution is 7.98. The molecule has 1 atom stereocenters. The lowest BCUT2D eigenvalue weighted by Crippen LogP contribution is -2.43. The number of likely N-dealkylation sites (N-methyl/N-ethyl adjacent to an activating group) is 1. The van der Waals surface area contributed by atoms with Crippen LogP contribution in [0, 0.1) is 0 Å². The first-order valence-corrected chi connectivity index (χ1v) is 8.82. The molecule has 0 bridgehead atoms. The summed E-state index contributed by atoms with van der Waals surface area (Å²) < 4.78 is 1.97. The minimum atomic E-state index is 0.208. The quantitative estimate of drug-likeness (QED) is 0.805. The summed E-state index contributed by atoms with van der Waals surface area (Å²) in [7, 11) is 0. The molecule has 6 nitrogen and oxygen atoms in total. The average Bonchev–Trinajstić information content (AvgIpc) is 2.92. The second-order valence-electron chi connectivity index (χ2n) is 5.48. The van der Waals surface area contributed by atoms with Gasteiger partial charge in [-0.15, -0.1) is 5.10 Å². The molecular formula is C14H23N5OS. The van der Waals surface area contributed by atoms with E-state index >= 15 is 0 Å². The number of thioether (sulfide) groups is 1. The van der Waals surface area contributed by atoms with E-state index in [0.29, 0.717) is 6.04 Å². The number of aromatic nitrogens is 3. The molecule has 3 rings (SSSR count). The number of nitrogens with zero attached hydrogens (tertiary/aromatic N) is 4. The van der Waals surface area contributed by atoms with E-state index in [4.69, 9.17) is 0 Å². The molecule has 1 aromatic rings. The van der Waals surface area contributed by atoms with E-state index in [9.17, 15) is 5.11 Å². The zero-order chi connectivity index (χ0) is 14.8. The maximum Gasteiger partial charge on any atom is 0.226 e. The fraction of sp³-hybridized carbons (Fsp3) is 0.714. The van der Waals surface area contributed by atoms with Gasteiger partial charge in [0.05, 0.1) is 19.2 Å². The molecule has 1 aromatic heterocycles. The van der Waals surface area contributed by atoms with Gasteiger partial charge in [-0.2, -0.15) is 4.98 Å². The maximum atomic E-state index is 9.28. The van der Waals surface area contributed by atoms with E-state index < -0.39 is 0 Å². The van der Waals surface area contributed by atoms with Crippen LogP contribution in [0.1, 0.15) is 26.2 Å². The summed E-state index contributed by atoms with van der Waals surface area (Å²) in [6, 6.07) is 0.370. The van der Waals surface area contributed by atoms with Gasteiger partial charge < -0.3 is 10.4 Å². The Labute approximate surface area is 129 Å². The van der Waals surface area contributed by atoms with Gasteiger partial charge in [0.15, 0.2) is 0 Å². The van der Waals surface area contributed by atoms with Crippen molar-refractivity contribution in [3.05, 3.63) is 11.3 Å². The van der Waals surface area contributed by atoms with Crippen LogP contribution < -0.4 is 5.32 Å². The van der Waals surface area contributed by atoms with Crippen LogP contribution in [0.4, 0.5) is 5.95 Å². The Kier molecular flexibility index (Phi) is 4.51. The van der Waals surface area contributed by atoms with Crippen molar-refractivity contribution >= 4 is 17.7 Å². The largest absolute Gasteiger partial charge is 0.395 e. The van der Waals surface area contributed by atoms with Crippen LogP contribution in [0.3, 0.4) is 0 Å². The third kappa shape index (κ3) is 2.82. The molecule has 2 aliphatic rings. The van der Waals surface area contributed by atoms with E-state index in [-0.39, 0.29) is 6.61 Å². The Bertz CT molecular complexity index is 541. The van der Waals surface area contributed by atoms with Crippen molar-refractivity contribution in [2.75, 3.05) is 31.3 Å². The van der Waals surface area contributed by atoms with Gasteiger partial charge >= 0.3 is 0 Å². The third-order valence-corrected chi connectivity index (χ3v) is 4.86. The predicted octanol–water partition coefficient (Wildman–Crippen LogP) is 1.55. The number of hydrogen-bond donors (Lipinski definition) is 2. The molecule has 2 heterocycles. The fourth-order valence-electron chi connectivity index (χ4n) is 3.30. The Morgan fingerprint density at radius 1 is 1.52 bits per heavy atom. The lowest BCUT2D eigenvalue weighted by Gasteiger charge is -2.38. The first kappa shape index (κ1) is 14.9. The summed E-state index contributed by atoms with van der Waals surface area (Å²) in [5.41, 5.74) is 2.73. The van der Waals surface area contributed by atoms with Gasteiger partial charge in [0.25, 0.3) is 0 Å². The first-order chi connectivity index (χ1) is 10.3. The molecule has 116 valence electrons. The average molecular weight is 309 g/mol. The van der Waals surface area contributed by atoms with Crippen LogP contribution in [0.2, 0.25) is 0 Å². The number of nitrogens with one attached hydrogen (secondary N) is 1. The van der Waals surface area contributed by atoms with E-state index in [0.717, 1.165) is 43.6 Å². The number of fused-ring (bicyclic) bond motifs is 1. The number of anilines is 1. The van der Waals surface area contributed by atoms with Gasteiger partial charge in [0.1, 0.15) is 0 Å². The summed E-state index contributed by atoms with van der Waals surface area (Å²) >= 11 is 1.57. The minimum absolute atomic E-state index is 0.208. The molecule has 0 fully saturated rings. The lowest BCUT2D eigenvalue weighted by atomic mass is 9.90.